The van der Waals surface area contributed by atoms with Crippen LogP contribution >= 0.6 is 37.8 Å². The Hall–Kier alpha value is -0.320. The zero-order valence-electron chi connectivity index (χ0n) is 11.0. The zero-order chi connectivity index (χ0) is 17.2. The van der Waals surface area contributed by atoms with E-state index in [9.17, 15) is 19.0 Å². The van der Waals surface area contributed by atoms with E-state index in [4.69, 9.17) is 19.6 Å². The highest BCUT2D eigenvalue weighted by Gasteiger charge is 2.58. The van der Waals surface area contributed by atoms with Crippen LogP contribution in [-0.2, 0) is 9.13 Å². The molecule has 9 nitrogen and oxygen atoms in total. The molecule has 0 unspecified atom stereocenters. The molecule has 0 saturated heterocycles. The Morgan fingerprint density at radius 2 is 1.73 bits per heavy atom. The van der Waals surface area contributed by atoms with Crippen LogP contribution in [0.2, 0.25) is 0 Å². The molecule has 0 fully saturated rings. The van der Waals surface area contributed by atoms with Crippen molar-refractivity contribution in [3.63, 3.8) is 0 Å². The lowest BCUT2D eigenvalue weighted by Crippen LogP contribution is -2.35. The van der Waals surface area contributed by atoms with E-state index in [2.05, 4.69) is 5.32 Å². The predicted octanol–water partition coefficient (Wildman–Crippen LogP) is 0.413. The quantitative estimate of drug-likeness (QED) is 0.261. The third kappa shape index (κ3) is 4.59. The number of carbonyl (C=O) groups is 1. The summed E-state index contributed by atoms with van der Waals surface area (Å²) in [6.07, 6.45) is -1.00. The van der Waals surface area contributed by atoms with Crippen LogP contribution in [0.5, 0.6) is 0 Å². The minimum absolute atomic E-state index is 0.266. The third-order valence-corrected chi connectivity index (χ3v) is 7.31. The average Bonchev–Trinajstić information content (AvgIpc) is 2.35. The smallest absolute Gasteiger partial charge is 0.367 e. The summed E-state index contributed by atoms with van der Waals surface area (Å²) in [5, 5.41) is 8.34. The number of hydrogen-bond acceptors (Lipinski definition) is 4. The van der Waals surface area contributed by atoms with E-state index in [0.29, 0.717) is 0 Å². The van der Waals surface area contributed by atoms with Gasteiger partial charge in [0.05, 0.1) is 0 Å². The molecule has 1 amide bonds. The van der Waals surface area contributed by atoms with Gasteiger partial charge < -0.3 is 30.0 Å². The van der Waals surface area contributed by atoms with Gasteiger partial charge in [0.25, 0.3) is 11.0 Å². The standard InChI is InChI=1S/C10H14INO8P2/c11-8-3-1-2-7(6-8)9(13)12-5-4-10(14,21(15,16)17)22(18,19)20/h1-3,6,14H,4-5H2,(H,12,13)(H2,15,16,17)(H2,18,19,20)/i11-2. The Kier molecular flexibility index (Phi) is 6.33. The molecule has 0 radical (unpaired) electrons. The van der Waals surface area contributed by atoms with Crippen LogP contribution in [0.25, 0.3) is 0 Å². The second-order valence-electron chi connectivity index (χ2n) is 4.38. The summed E-state index contributed by atoms with van der Waals surface area (Å²) < 4.78 is 23.0. The van der Waals surface area contributed by atoms with Crippen molar-refractivity contribution in [2.75, 3.05) is 6.54 Å². The maximum atomic E-state index is 11.8. The molecule has 1 rings (SSSR count). The molecule has 0 saturated carbocycles. The number of hydrogen-bond donors (Lipinski definition) is 6. The highest BCUT2D eigenvalue weighted by Crippen LogP contribution is 2.68. The monoisotopic (exact) mass is 463 g/mol. The van der Waals surface area contributed by atoms with Crippen molar-refractivity contribution in [2.45, 2.75) is 11.5 Å². The van der Waals surface area contributed by atoms with Crippen molar-refractivity contribution < 1.29 is 38.6 Å². The lowest BCUT2D eigenvalue weighted by Gasteiger charge is -2.29. The van der Waals surface area contributed by atoms with Crippen LogP contribution in [0, 0.1) is 3.57 Å². The number of amides is 1. The molecule has 1 aromatic rings. The lowest BCUT2D eigenvalue weighted by molar-refractivity contribution is 0.0926. The van der Waals surface area contributed by atoms with E-state index in [1.807, 2.05) is 22.6 Å². The minimum Gasteiger partial charge on any atom is -0.367 e. The Bertz CT molecular complexity index is 632. The first-order chi connectivity index (χ1) is 9.88. The number of benzene rings is 1. The molecular weight excluding hydrogens is 449 g/mol. The molecule has 0 spiro atoms. The molecular formula is C10H14INO8P2. The molecule has 0 bridgehead atoms. The Balaban J connectivity index is 2.78. The molecule has 0 aliphatic rings. The topological polar surface area (TPSA) is 164 Å². The number of carbonyl (C=O) groups excluding carboxylic acids is 1. The van der Waals surface area contributed by atoms with Crippen molar-refractivity contribution in [3.05, 3.63) is 33.4 Å². The van der Waals surface area contributed by atoms with Gasteiger partial charge in [-0.2, -0.15) is 0 Å². The Morgan fingerprint density at radius 3 is 2.18 bits per heavy atom. The van der Waals surface area contributed by atoms with Gasteiger partial charge in [0.2, 0.25) is 0 Å². The molecule has 22 heavy (non-hydrogen) atoms. The van der Waals surface area contributed by atoms with Gasteiger partial charge in [-0.15, -0.1) is 0 Å². The summed E-state index contributed by atoms with van der Waals surface area (Å²) in [4.78, 5) is 47.6. The largest absolute Gasteiger partial charge is 0.369 e. The van der Waals surface area contributed by atoms with Gasteiger partial charge in [0.1, 0.15) is 0 Å². The van der Waals surface area contributed by atoms with E-state index >= 15 is 0 Å². The first-order valence-corrected chi connectivity index (χ1v) is 10.1. The maximum absolute atomic E-state index is 11.8. The van der Waals surface area contributed by atoms with Crippen molar-refractivity contribution in [1.82, 2.24) is 5.32 Å². The number of aliphatic hydroxyl groups is 1. The van der Waals surface area contributed by atoms with Gasteiger partial charge >= 0.3 is 15.2 Å². The fraction of sp³-hybridized carbons (Fsp3) is 0.300. The maximum Gasteiger partial charge on any atom is 0.369 e. The zero-order valence-corrected chi connectivity index (χ0v) is 14.9. The number of nitrogens with one attached hydrogen (secondary N) is 1. The molecule has 0 heterocycles. The van der Waals surface area contributed by atoms with Crippen molar-refractivity contribution >= 4 is 43.7 Å². The van der Waals surface area contributed by atoms with Gasteiger partial charge in [-0.3, -0.25) is 13.9 Å². The van der Waals surface area contributed by atoms with E-state index in [0.717, 1.165) is 3.57 Å². The van der Waals surface area contributed by atoms with Crippen LogP contribution in [0.3, 0.4) is 0 Å². The fourth-order valence-corrected chi connectivity index (χ4v) is 4.24. The summed E-state index contributed by atoms with van der Waals surface area (Å²) in [7, 11) is -11.0. The lowest BCUT2D eigenvalue weighted by atomic mass is 10.2. The average molecular weight is 463 g/mol. The van der Waals surface area contributed by atoms with Crippen LogP contribution in [-0.4, -0.2) is 42.2 Å². The van der Waals surface area contributed by atoms with Gasteiger partial charge in [-0.05, 0) is 40.8 Å². The molecule has 0 aromatic heterocycles. The Morgan fingerprint density at radius 1 is 1.18 bits per heavy atom. The molecule has 1 aromatic carbocycles. The van der Waals surface area contributed by atoms with Gasteiger partial charge in [-0.1, -0.05) is 6.07 Å². The summed E-state index contributed by atoms with van der Waals surface area (Å²) >= 11 is 1.98. The van der Waals surface area contributed by atoms with Gasteiger partial charge in [0, 0.05) is 22.1 Å². The summed E-state index contributed by atoms with van der Waals surface area (Å²) in [5.41, 5.74) is 0.266. The number of rotatable bonds is 6. The SMILES string of the molecule is O=C(NCCC(O)(P(=O)(O)O)P(=O)(O)O)c1cccc([125I])c1. The van der Waals surface area contributed by atoms with E-state index in [1.54, 1.807) is 18.2 Å². The summed E-state index contributed by atoms with van der Waals surface area (Å²) in [6.45, 7) is -0.531. The first kappa shape index (κ1) is 19.7. The molecule has 0 atom stereocenters. The fourth-order valence-electron chi connectivity index (χ4n) is 1.54. The summed E-state index contributed by atoms with van der Waals surface area (Å²) in [5.74, 6) is -0.600. The molecule has 0 aliphatic carbocycles. The van der Waals surface area contributed by atoms with E-state index < -0.39 is 39.1 Å². The third-order valence-electron chi connectivity index (χ3n) is 2.77. The second-order valence-corrected chi connectivity index (χ2v) is 9.63. The summed E-state index contributed by atoms with van der Waals surface area (Å²) in [6, 6.07) is 6.42. The van der Waals surface area contributed by atoms with E-state index in [-0.39, 0.29) is 5.56 Å². The van der Waals surface area contributed by atoms with Crippen LogP contribution in [0.15, 0.2) is 24.3 Å². The van der Waals surface area contributed by atoms with Crippen LogP contribution in [0.4, 0.5) is 0 Å². The highest BCUT2D eigenvalue weighted by molar-refractivity contribution is 14.1. The van der Waals surface area contributed by atoms with Gasteiger partial charge in [-0.25, -0.2) is 0 Å². The molecule has 124 valence electrons. The first-order valence-electron chi connectivity index (χ1n) is 5.76. The molecule has 0 aliphatic heterocycles. The van der Waals surface area contributed by atoms with Crippen LogP contribution < -0.4 is 5.32 Å². The van der Waals surface area contributed by atoms with Crippen molar-refractivity contribution in [2.24, 2.45) is 0 Å². The number of halogens is 1. The molecule has 6 N–H and O–H groups in total. The van der Waals surface area contributed by atoms with Crippen molar-refractivity contribution in [1.29, 1.82) is 0 Å². The molecule has 12 heteroatoms. The van der Waals surface area contributed by atoms with Gasteiger partial charge in [0.15, 0.2) is 0 Å². The van der Waals surface area contributed by atoms with Crippen LogP contribution in [0.1, 0.15) is 16.8 Å². The second kappa shape index (κ2) is 7.06. The van der Waals surface area contributed by atoms with E-state index in [1.165, 1.54) is 6.07 Å². The minimum atomic E-state index is -5.51. The normalized spacial score (nSPS) is 13.0. The highest BCUT2D eigenvalue weighted by atomic mass is 125. The van der Waals surface area contributed by atoms with Crippen molar-refractivity contribution in [3.8, 4) is 0 Å². The predicted molar refractivity (Wildman–Crippen MR) is 85.1 cm³/mol. The Labute approximate surface area is 139 Å².